The van der Waals surface area contributed by atoms with Gasteiger partial charge in [-0.3, -0.25) is 19.6 Å². The quantitative estimate of drug-likeness (QED) is 0.475. The van der Waals surface area contributed by atoms with E-state index in [9.17, 15) is 9.59 Å². The third-order valence-electron chi connectivity index (χ3n) is 2.74. The molecule has 0 aliphatic rings. The van der Waals surface area contributed by atoms with Crippen molar-refractivity contribution in [1.82, 2.24) is 9.97 Å². The SMILES string of the molecule is CO/N=C\C(C(=O)Nc1cccnc1)C(=O)Nc1cccnc1. The number of oxime groups is 1. The van der Waals surface area contributed by atoms with Crippen molar-refractivity contribution < 1.29 is 14.4 Å². The van der Waals surface area contributed by atoms with Crippen LogP contribution in [0.25, 0.3) is 0 Å². The number of hydrogen-bond acceptors (Lipinski definition) is 6. The topological polar surface area (TPSA) is 106 Å². The lowest BCUT2D eigenvalue weighted by molar-refractivity contribution is -0.126. The molecule has 2 aromatic heterocycles. The van der Waals surface area contributed by atoms with Crippen LogP contribution >= 0.6 is 0 Å². The summed E-state index contributed by atoms with van der Waals surface area (Å²) in [6.45, 7) is 0. The summed E-state index contributed by atoms with van der Waals surface area (Å²) >= 11 is 0. The van der Waals surface area contributed by atoms with Crippen molar-refractivity contribution in [2.45, 2.75) is 0 Å². The lowest BCUT2D eigenvalue weighted by Crippen LogP contribution is -2.35. The smallest absolute Gasteiger partial charge is 0.242 e. The van der Waals surface area contributed by atoms with Crippen LogP contribution in [-0.4, -0.2) is 35.1 Å². The van der Waals surface area contributed by atoms with E-state index in [2.05, 4.69) is 30.6 Å². The number of pyridine rings is 2. The Morgan fingerprint density at radius 1 is 1.09 bits per heavy atom. The standard InChI is InChI=1S/C15H15N5O3/c1-23-18-10-13(14(21)19-11-4-2-6-16-8-11)15(22)20-12-5-3-7-17-9-12/h2-10,13H,1H3,(H,19,21)(H,20,22)/b18-10-. The first-order chi connectivity index (χ1) is 11.2. The molecule has 0 radical (unpaired) electrons. The predicted octanol–water partition coefficient (Wildman–Crippen LogP) is 1.30. The Labute approximate surface area is 132 Å². The highest BCUT2D eigenvalue weighted by atomic mass is 16.6. The van der Waals surface area contributed by atoms with Gasteiger partial charge in [0.25, 0.3) is 0 Å². The van der Waals surface area contributed by atoms with E-state index < -0.39 is 17.7 Å². The Balaban J connectivity index is 2.10. The first-order valence-electron chi connectivity index (χ1n) is 6.69. The molecule has 0 saturated carbocycles. The molecule has 2 aromatic rings. The Morgan fingerprint density at radius 3 is 2.00 bits per heavy atom. The number of nitrogens with zero attached hydrogens (tertiary/aromatic N) is 3. The molecule has 0 spiro atoms. The third-order valence-corrected chi connectivity index (χ3v) is 2.74. The second-order valence-corrected chi connectivity index (χ2v) is 4.38. The molecule has 0 saturated heterocycles. The number of nitrogens with one attached hydrogen (secondary N) is 2. The largest absolute Gasteiger partial charge is 0.399 e. The van der Waals surface area contributed by atoms with Crippen LogP contribution in [0.1, 0.15) is 0 Å². The minimum Gasteiger partial charge on any atom is -0.399 e. The fraction of sp³-hybridized carbons (Fsp3) is 0.133. The summed E-state index contributed by atoms with van der Waals surface area (Å²) < 4.78 is 0. The molecule has 2 rings (SSSR count). The molecule has 0 aliphatic heterocycles. The Bertz CT molecular complexity index is 623. The van der Waals surface area contributed by atoms with Gasteiger partial charge in [-0.1, -0.05) is 5.16 Å². The third kappa shape index (κ3) is 4.88. The van der Waals surface area contributed by atoms with Gasteiger partial charge in [-0.2, -0.15) is 0 Å². The van der Waals surface area contributed by atoms with Crippen LogP contribution in [-0.2, 0) is 14.4 Å². The summed E-state index contributed by atoms with van der Waals surface area (Å²) in [5.41, 5.74) is 0.949. The van der Waals surface area contributed by atoms with Gasteiger partial charge in [-0.05, 0) is 24.3 Å². The molecule has 0 bridgehead atoms. The van der Waals surface area contributed by atoms with Crippen LogP contribution in [0.2, 0.25) is 0 Å². The molecule has 8 nitrogen and oxygen atoms in total. The first kappa shape index (κ1) is 16.1. The van der Waals surface area contributed by atoms with Crippen molar-refractivity contribution in [2.24, 2.45) is 11.1 Å². The van der Waals surface area contributed by atoms with Gasteiger partial charge >= 0.3 is 0 Å². The summed E-state index contributed by atoms with van der Waals surface area (Å²) in [4.78, 5) is 36.9. The van der Waals surface area contributed by atoms with Gasteiger partial charge in [0.15, 0.2) is 5.92 Å². The normalized spacial score (nSPS) is 10.5. The molecule has 118 valence electrons. The van der Waals surface area contributed by atoms with Gasteiger partial charge in [0.1, 0.15) is 7.11 Å². The minimum absolute atomic E-state index is 0.475. The Hall–Kier alpha value is -3.29. The maximum Gasteiger partial charge on any atom is 0.242 e. The van der Waals surface area contributed by atoms with Crippen LogP contribution in [0.3, 0.4) is 0 Å². The molecule has 2 heterocycles. The summed E-state index contributed by atoms with van der Waals surface area (Å²) in [5.74, 6) is -2.28. The van der Waals surface area contributed by atoms with E-state index in [4.69, 9.17) is 0 Å². The summed E-state index contributed by atoms with van der Waals surface area (Å²) in [6.07, 6.45) is 7.23. The van der Waals surface area contributed by atoms with Gasteiger partial charge in [0.05, 0.1) is 30.0 Å². The van der Waals surface area contributed by atoms with Gasteiger partial charge in [-0.15, -0.1) is 0 Å². The zero-order chi connectivity index (χ0) is 16.5. The second kappa shape index (κ2) is 8.23. The number of anilines is 2. The molecular weight excluding hydrogens is 298 g/mol. The van der Waals surface area contributed by atoms with Crippen molar-refractivity contribution >= 4 is 29.4 Å². The molecule has 2 N–H and O–H groups in total. The number of carbonyl (C=O) groups excluding carboxylic acids is 2. The second-order valence-electron chi connectivity index (χ2n) is 4.38. The zero-order valence-electron chi connectivity index (χ0n) is 12.3. The van der Waals surface area contributed by atoms with E-state index in [0.717, 1.165) is 6.21 Å². The highest BCUT2D eigenvalue weighted by Crippen LogP contribution is 2.09. The zero-order valence-corrected chi connectivity index (χ0v) is 12.3. The van der Waals surface area contributed by atoms with E-state index in [1.54, 1.807) is 36.7 Å². The monoisotopic (exact) mass is 313 g/mol. The van der Waals surface area contributed by atoms with Gasteiger partial charge in [-0.25, -0.2) is 0 Å². The maximum atomic E-state index is 12.3. The highest BCUT2D eigenvalue weighted by molar-refractivity contribution is 6.20. The summed E-state index contributed by atoms with van der Waals surface area (Å²) in [6, 6.07) is 6.66. The van der Waals surface area contributed by atoms with E-state index in [0.29, 0.717) is 11.4 Å². The van der Waals surface area contributed by atoms with Crippen LogP contribution in [0, 0.1) is 5.92 Å². The fourth-order valence-electron chi connectivity index (χ4n) is 1.69. The van der Waals surface area contributed by atoms with Gasteiger partial charge in [0.2, 0.25) is 11.8 Å². The number of rotatable bonds is 6. The van der Waals surface area contributed by atoms with E-state index >= 15 is 0 Å². The van der Waals surface area contributed by atoms with Gasteiger partial charge < -0.3 is 15.5 Å². The van der Waals surface area contributed by atoms with Crippen molar-refractivity contribution in [3.05, 3.63) is 49.1 Å². The lowest BCUT2D eigenvalue weighted by atomic mass is 10.1. The van der Waals surface area contributed by atoms with Crippen LogP contribution in [0.5, 0.6) is 0 Å². The Morgan fingerprint density at radius 2 is 1.61 bits per heavy atom. The minimum atomic E-state index is -1.17. The Kier molecular flexibility index (Phi) is 5.75. The van der Waals surface area contributed by atoms with Gasteiger partial charge in [0, 0.05) is 12.4 Å². The molecule has 0 atom stereocenters. The number of hydrogen-bond donors (Lipinski definition) is 2. The molecule has 8 heteroatoms. The van der Waals surface area contributed by atoms with Crippen LogP contribution in [0.15, 0.2) is 54.2 Å². The van der Waals surface area contributed by atoms with Crippen molar-refractivity contribution in [2.75, 3.05) is 17.7 Å². The molecular formula is C15H15N5O3. The first-order valence-corrected chi connectivity index (χ1v) is 6.69. The van der Waals surface area contributed by atoms with E-state index in [-0.39, 0.29) is 0 Å². The van der Waals surface area contributed by atoms with E-state index in [1.807, 2.05) is 0 Å². The molecule has 0 unspecified atom stereocenters. The molecule has 0 fully saturated rings. The maximum absolute atomic E-state index is 12.3. The molecule has 0 aliphatic carbocycles. The van der Waals surface area contributed by atoms with Crippen LogP contribution in [0.4, 0.5) is 11.4 Å². The number of carbonyl (C=O) groups is 2. The highest BCUT2D eigenvalue weighted by Gasteiger charge is 2.25. The van der Waals surface area contributed by atoms with E-state index in [1.165, 1.54) is 19.5 Å². The van der Waals surface area contributed by atoms with Crippen molar-refractivity contribution in [1.29, 1.82) is 0 Å². The molecule has 0 aromatic carbocycles. The number of aromatic nitrogens is 2. The van der Waals surface area contributed by atoms with Crippen molar-refractivity contribution in [3.8, 4) is 0 Å². The average Bonchev–Trinajstić information content (AvgIpc) is 2.57. The van der Waals surface area contributed by atoms with Crippen LogP contribution < -0.4 is 10.6 Å². The molecule has 2 amide bonds. The molecule has 23 heavy (non-hydrogen) atoms. The summed E-state index contributed by atoms with van der Waals surface area (Å²) in [7, 11) is 1.33. The predicted molar refractivity (Wildman–Crippen MR) is 84.7 cm³/mol. The number of amides is 2. The summed E-state index contributed by atoms with van der Waals surface area (Å²) in [5, 5.41) is 8.71. The average molecular weight is 313 g/mol. The fourth-order valence-corrected chi connectivity index (χ4v) is 1.69. The van der Waals surface area contributed by atoms with Crippen molar-refractivity contribution in [3.63, 3.8) is 0 Å². The lowest BCUT2D eigenvalue weighted by Gasteiger charge is -2.12.